The number of allylic oxidation sites excluding steroid dienone is 2. The van der Waals surface area contributed by atoms with Gasteiger partial charge in [0.15, 0.2) is 0 Å². The monoisotopic (exact) mass is 940 g/mol. The van der Waals surface area contributed by atoms with Crippen molar-refractivity contribution in [1.29, 1.82) is 0 Å². The summed E-state index contributed by atoms with van der Waals surface area (Å²) < 4.78 is 39.8. The molecule has 2 aliphatic heterocycles. The lowest BCUT2D eigenvalue weighted by atomic mass is 9.80. The molecular formula is C48H46BBrCl2F2N4O4. The Balaban J connectivity index is 0.000000219. The van der Waals surface area contributed by atoms with Gasteiger partial charge < -0.3 is 19.5 Å². The largest absolute Gasteiger partial charge is 0.497 e. The van der Waals surface area contributed by atoms with E-state index in [0.29, 0.717) is 22.3 Å². The molecule has 8 rings (SSSR count). The molecule has 6 aromatic rings. The third-order valence-corrected chi connectivity index (χ3v) is 10.1. The molecule has 2 N–H and O–H groups in total. The van der Waals surface area contributed by atoms with Gasteiger partial charge in [-0.3, -0.25) is 20.0 Å². The Morgan fingerprint density at radius 3 is 1.60 bits per heavy atom. The summed E-state index contributed by atoms with van der Waals surface area (Å²) in [5.74, 6) is 0.899. The molecule has 0 unspecified atom stereocenters. The maximum absolute atomic E-state index is 14.9. The van der Waals surface area contributed by atoms with Crippen molar-refractivity contribution in [2.75, 3.05) is 27.3 Å². The summed E-state index contributed by atoms with van der Waals surface area (Å²) >= 11 is 3.28. The number of methoxy groups -OCH3 is 2. The molecule has 2 aliphatic rings. The maximum Gasteiger partial charge on any atom is 0.488 e. The first-order chi connectivity index (χ1) is 29.2. The van der Waals surface area contributed by atoms with E-state index in [1.54, 1.807) is 68.3 Å². The average molecular weight is 943 g/mol. The van der Waals surface area contributed by atoms with E-state index in [1.165, 1.54) is 13.2 Å². The van der Waals surface area contributed by atoms with Crippen molar-refractivity contribution < 1.29 is 28.3 Å². The minimum Gasteiger partial charge on any atom is -0.497 e. The fraction of sp³-hybridized carbons (Fsp3) is 0.167. The zero-order valence-corrected chi connectivity index (χ0v) is 37.3. The second-order valence-electron chi connectivity index (χ2n) is 13.8. The highest BCUT2D eigenvalue weighted by molar-refractivity contribution is 9.10. The van der Waals surface area contributed by atoms with E-state index in [9.17, 15) is 8.78 Å². The predicted molar refractivity (Wildman–Crippen MR) is 256 cm³/mol. The highest BCUT2D eigenvalue weighted by Crippen LogP contribution is 2.29. The lowest BCUT2D eigenvalue weighted by Gasteiger charge is -2.16. The molecule has 0 bridgehead atoms. The molecule has 0 fully saturated rings. The van der Waals surface area contributed by atoms with Crippen molar-refractivity contribution in [1.82, 2.24) is 9.97 Å². The van der Waals surface area contributed by atoms with Crippen molar-refractivity contribution in [3.63, 3.8) is 0 Å². The van der Waals surface area contributed by atoms with Crippen LogP contribution in [0.3, 0.4) is 0 Å². The number of halogens is 5. The molecule has 0 atom stereocenters. The van der Waals surface area contributed by atoms with Gasteiger partial charge in [0.2, 0.25) is 0 Å². The molecule has 8 nitrogen and oxygen atoms in total. The molecule has 0 aliphatic carbocycles. The summed E-state index contributed by atoms with van der Waals surface area (Å²) in [7, 11) is 1.73. The van der Waals surface area contributed by atoms with Crippen LogP contribution in [-0.2, 0) is 0 Å². The molecular weight excluding hydrogens is 896 g/mol. The Bertz CT molecular complexity index is 2510. The van der Waals surface area contributed by atoms with Gasteiger partial charge in [0.1, 0.15) is 23.1 Å². The number of pyridine rings is 2. The highest BCUT2D eigenvalue weighted by Gasteiger charge is 2.17. The smallest absolute Gasteiger partial charge is 0.488 e. The molecule has 0 saturated heterocycles. The molecule has 0 saturated carbocycles. The quantitative estimate of drug-likeness (QED) is 0.147. The van der Waals surface area contributed by atoms with Crippen LogP contribution in [0, 0.1) is 11.6 Å². The van der Waals surface area contributed by atoms with Gasteiger partial charge in [0, 0.05) is 64.6 Å². The zero-order chi connectivity index (χ0) is 42.3. The van der Waals surface area contributed by atoms with Crippen LogP contribution in [0.5, 0.6) is 11.5 Å². The fourth-order valence-electron chi connectivity index (χ4n) is 6.62. The minimum atomic E-state index is -1.43. The van der Waals surface area contributed by atoms with E-state index in [1.807, 2.05) is 78.9 Å². The highest BCUT2D eigenvalue weighted by atomic mass is 79.9. The number of benzene rings is 4. The number of aliphatic imine (C=N–C) groups is 2. The van der Waals surface area contributed by atoms with Crippen LogP contribution in [-0.4, -0.2) is 65.9 Å². The summed E-state index contributed by atoms with van der Waals surface area (Å²) in [5.41, 5.74) is 9.25. The fourth-order valence-corrected chi connectivity index (χ4v) is 6.96. The molecule has 14 heteroatoms. The van der Waals surface area contributed by atoms with Crippen LogP contribution in [0.2, 0.25) is 0 Å². The Morgan fingerprint density at radius 2 is 1.10 bits per heavy atom. The van der Waals surface area contributed by atoms with Gasteiger partial charge in [0.25, 0.3) is 0 Å². The standard InChI is InChI=1S/C24H21FN2O.C17H14BrFN2.C7H9BO3.2ClH/c1-28-22-8-2-5-17(14-22)18-9-10-19(23(25)15-18)13-20-6-4-12-27-24(20)21-7-3-11-26-16-21;18-15-6-5-12(16(19)10-15)9-13-3-2-8-21-17(13)14-4-1-7-20-11-14;1-11-7-4-2-3-6(5-7)8(9)10;;/h2-3,5,7-11,13-16H,4,6,12H2,1H3;1,4-7,9-11H,2-3,8H2;2-5,9-10H,1H3;2*1H/b20-13+;13-9+;;;. The average Bonchev–Trinajstić information content (AvgIpc) is 3.29. The summed E-state index contributed by atoms with van der Waals surface area (Å²) in [5, 5.41) is 17.5. The molecule has 4 aromatic carbocycles. The first-order valence-electron chi connectivity index (χ1n) is 19.4. The summed E-state index contributed by atoms with van der Waals surface area (Å²) in [6.45, 7) is 1.60. The normalized spacial score (nSPS) is 14.3. The number of ether oxygens (including phenoxy) is 2. The van der Waals surface area contributed by atoms with Crippen LogP contribution >= 0.6 is 40.7 Å². The third-order valence-electron chi connectivity index (χ3n) is 9.64. The lowest BCUT2D eigenvalue weighted by molar-refractivity contribution is 0.412. The van der Waals surface area contributed by atoms with E-state index < -0.39 is 7.12 Å². The molecule has 4 heterocycles. The first-order valence-corrected chi connectivity index (χ1v) is 20.2. The van der Waals surface area contributed by atoms with E-state index in [0.717, 1.165) is 93.8 Å². The number of rotatable bonds is 8. The molecule has 2 aromatic heterocycles. The summed E-state index contributed by atoms with van der Waals surface area (Å²) in [6.07, 6.45) is 14.7. The molecule has 0 amide bonds. The van der Waals surface area contributed by atoms with Crippen LogP contribution in [0.4, 0.5) is 8.78 Å². The number of nitrogens with zero attached hydrogens (tertiary/aromatic N) is 4. The first kappa shape index (κ1) is 49.2. The van der Waals surface area contributed by atoms with E-state index >= 15 is 0 Å². The van der Waals surface area contributed by atoms with E-state index in [4.69, 9.17) is 19.5 Å². The van der Waals surface area contributed by atoms with Gasteiger partial charge in [-0.15, -0.1) is 24.8 Å². The van der Waals surface area contributed by atoms with Gasteiger partial charge >= 0.3 is 7.12 Å². The SMILES string of the molecule is COc1cccc(-c2ccc(/C=C3\CCCN=C3c3cccnc3)c(F)c2)c1.COc1cccc(B(O)O)c1.Cl.Cl.Fc1cc(Br)ccc1/C=C1\CCCN=C1c1cccnc1. The third kappa shape index (κ3) is 13.8. The number of hydrogen-bond acceptors (Lipinski definition) is 8. The molecule has 0 spiro atoms. The van der Waals surface area contributed by atoms with Crippen molar-refractivity contribution in [2.45, 2.75) is 25.7 Å². The minimum absolute atomic E-state index is 0. The Morgan fingerprint density at radius 1 is 0.597 bits per heavy atom. The Hall–Kier alpha value is -5.50. The van der Waals surface area contributed by atoms with Crippen LogP contribution in [0.25, 0.3) is 23.3 Å². The van der Waals surface area contributed by atoms with Gasteiger partial charge in [-0.25, -0.2) is 8.78 Å². The van der Waals surface area contributed by atoms with Crippen molar-refractivity contribution >= 4 is 76.9 Å². The van der Waals surface area contributed by atoms with E-state index in [2.05, 4.69) is 35.9 Å². The molecule has 0 radical (unpaired) electrons. The van der Waals surface area contributed by atoms with Crippen molar-refractivity contribution in [3.8, 4) is 22.6 Å². The number of aromatic nitrogens is 2. The van der Waals surface area contributed by atoms with Crippen LogP contribution in [0.1, 0.15) is 47.9 Å². The van der Waals surface area contributed by atoms with Crippen LogP contribution < -0.4 is 14.9 Å². The van der Waals surface area contributed by atoms with E-state index in [-0.39, 0.29) is 36.4 Å². The topological polar surface area (TPSA) is 109 Å². The predicted octanol–water partition coefficient (Wildman–Crippen LogP) is 10.4. The van der Waals surface area contributed by atoms with Crippen LogP contribution in [0.15, 0.2) is 160 Å². The Kier molecular flexibility index (Phi) is 19.7. The van der Waals surface area contributed by atoms with Gasteiger partial charge in [-0.1, -0.05) is 58.4 Å². The summed E-state index contributed by atoms with van der Waals surface area (Å²) in [6, 6.07) is 32.5. The van der Waals surface area contributed by atoms with Gasteiger partial charge in [0.05, 0.1) is 25.6 Å². The second-order valence-corrected chi connectivity index (χ2v) is 14.7. The van der Waals surface area contributed by atoms with Gasteiger partial charge in [-0.05, 0) is 132 Å². The summed E-state index contributed by atoms with van der Waals surface area (Å²) in [4.78, 5) is 17.6. The van der Waals surface area contributed by atoms with Crippen molar-refractivity contribution in [2.24, 2.45) is 9.98 Å². The maximum atomic E-state index is 14.9. The molecule has 62 heavy (non-hydrogen) atoms. The van der Waals surface area contributed by atoms with Crippen molar-refractivity contribution in [3.05, 3.63) is 183 Å². The Labute approximate surface area is 382 Å². The van der Waals surface area contributed by atoms with Gasteiger partial charge in [-0.2, -0.15) is 0 Å². The molecule has 320 valence electrons. The zero-order valence-electron chi connectivity index (χ0n) is 34.1. The lowest BCUT2D eigenvalue weighted by Crippen LogP contribution is -2.29. The second kappa shape index (κ2) is 24.8. The number of hydrogen-bond donors (Lipinski definition) is 2.